The molecule has 1 N–H and O–H groups in total. The minimum Gasteiger partial charge on any atom is -0.373 e. The van der Waals surface area contributed by atoms with Crippen LogP contribution in [-0.4, -0.2) is 70.4 Å². The van der Waals surface area contributed by atoms with Crippen LogP contribution in [0.1, 0.15) is 22.0 Å². The summed E-state index contributed by atoms with van der Waals surface area (Å²) in [5.74, 6) is 0.0176. The number of aromatic nitrogens is 3. The summed E-state index contributed by atoms with van der Waals surface area (Å²) in [5.41, 5.74) is 2.57. The van der Waals surface area contributed by atoms with Crippen LogP contribution in [0.25, 0.3) is 10.9 Å². The van der Waals surface area contributed by atoms with Crippen LogP contribution < -0.4 is 0 Å². The van der Waals surface area contributed by atoms with Crippen LogP contribution in [0.2, 0.25) is 0 Å². The molecule has 3 heterocycles. The Kier molecular flexibility index (Phi) is 4.72. The van der Waals surface area contributed by atoms with Gasteiger partial charge in [0.1, 0.15) is 0 Å². The lowest BCUT2D eigenvalue weighted by molar-refractivity contribution is -0.0684. The summed E-state index contributed by atoms with van der Waals surface area (Å²) >= 11 is 0. The third-order valence-electron chi connectivity index (χ3n) is 5.04. The maximum absolute atomic E-state index is 13.5. The minimum absolute atomic E-state index is 0.0176. The van der Waals surface area contributed by atoms with Crippen molar-refractivity contribution in [3.8, 4) is 0 Å². The number of para-hydroxylation sites is 1. The van der Waals surface area contributed by atoms with Gasteiger partial charge in [-0.15, -0.1) is 0 Å². The number of hydrogen-bond donors (Lipinski definition) is 1. The zero-order chi connectivity index (χ0) is 19.0. The number of benzene rings is 1. The Labute approximate surface area is 158 Å². The van der Waals surface area contributed by atoms with Crippen molar-refractivity contribution in [3.05, 3.63) is 54.0 Å². The van der Waals surface area contributed by atoms with Gasteiger partial charge in [-0.05, 0) is 26.2 Å². The molecule has 3 aromatic rings. The van der Waals surface area contributed by atoms with Crippen molar-refractivity contribution in [2.45, 2.75) is 12.1 Å². The molecule has 0 saturated carbocycles. The summed E-state index contributed by atoms with van der Waals surface area (Å²) in [7, 11) is 5.92. The molecule has 0 bridgehead atoms. The largest absolute Gasteiger partial charge is 0.373 e. The predicted molar refractivity (Wildman–Crippen MR) is 104 cm³/mol. The van der Waals surface area contributed by atoms with Gasteiger partial charge in [0.15, 0.2) is 0 Å². The van der Waals surface area contributed by atoms with Crippen LogP contribution in [-0.2, 0) is 11.8 Å². The van der Waals surface area contributed by atoms with Crippen molar-refractivity contribution in [1.29, 1.82) is 0 Å². The fraction of sp³-hybridized carbons (Fsp3) is 0.400. The molecule has 27 heavy (non-hydrogen) atoms. The van der Waals surface area contributed by atoms with E-state index in [9.17, 15) is 4.79 Å². The van der Waals surface area contributed by atoms with E-state index in [1.54, 1.807) is 4.68 Å². The highest BCUT2D eigenvalue weighted by molar-refractivity contribution is 6.05. The number of fused-ring (bicyclic) bond motifs is 1. The number of aryl methyl sites for hydroxylation is 1. The van der Waals surface area contributed by atoms with Gasteiger partial charge in [-0.3, -0.25) is 9.48 Å². The molecule has 1 saturated heterocycles. The Morgan fingerprint density at radius 1 is 1.37 bits per heavy atom. The number of ether oxygens (including phenoxy) is 1. The SMILES string of the molecule is CN(C)C[C@@H]1OCCN(C(=O)c2cccc3cc[nH]c23)[C@H]1c1cnn(C)c1. The highest BCUT2D eigenvalue weighted by Gasteiger charge is 2.38. The molecule has 1 fully saturated rings. The maximum atomic E-state index is 13.5. The number of aromatic amines is 1. The van der Waals surface area contributed by atoms with E-state index in [0.717, 1.165) is 23.0 Å². The number of carbonyl (C=O) groups excluding carboxylic acids is 1. The molecule has 0 aliphatic carbocycles. The second-order valence-corrected chi connectivity index (χ2v) is 7.31. The molecule has 0 unspecified atom stereocenters. The van der Waals surface area contributed by atoms with Gasteiger partial charge in [-0.25, -0.2) is 0 Å². The van der Waals surface area contributed by atoms with E-state index in [1.807, 2.05) is 68.9 Å². The lowest BCUT2D eigenvalue weighted by atomic mass is 9.99. The number of nitrogens with zero attached hydrogens (tertiary/aromatic N) is 4. The van der Waals surface area contributed by atoms with Crippen LogP contribution in [0, 0.1) is 0 Å². The van der Waals surface area contributed by atoms with E-state index < -0.39 is 0 Å². The van der Waals surface area contributed by atoms with E-state index >= 15 is 0 Å². The number of morpholine rings is 1. The number of nitrogens with one attached hydrogen (secondary N) is 1. The average molecular weight is 367 g/mol. The molecule has 2 aromatic heterocycles. The molecular formula is C20H25N5O2. The summed E-state index contributed by atoms with van der Waals surface area (Å²) in [6.07, 6.45) is 5.56. The fourth-order valence-corrected chi connectivity index (χ4v) is 3.88. The summed E-state index contributed by atoms with van der Waals surface area (Å²) in [6.45, 7) is 1.82. The van der Waals surface area contributed by atoms with Gasteiger partial charge in [-0.1, -0.05) is 12.1 Å². The van der Waals surface area contributed by atoms with E-state index in [-0.39, 0.29) is 18.1 Å². The van der Waals surface area contributed by atoms with Crippen molar-refractivity contribution in [3.63, 3.8) is 0 Å². The monoisotopic (exact) mass is 367 g/mol. The molecule has 1 aliphatic heterocycles. The van der Waals surface area contributed by atoms with E-state index in [1.165, 1.54) is 0 Å². The van der Waals surface area contributed by atoms with Gasteiger partial charge in [-0.2, -0.15) is 5.10 Å². The van der Waals surface area contributed by atoms with Gasteiger partial charge >= 0.3 is 0 Å². The van der Waals surface area contributed by atoms with Crippen LogP contribution >= 0.6 is 0 Å². The van der Waals surface area contributed by atoms with Crippen LogP contribution in [0.15, 0.2) is 42.9 Å². The summed E-state index contributed by atoms with van der Waals surface area (Å²) < 4.78 is 7.84. The number of H-pyrrole nitrogens is 1. The molecule has 0 spiro atoms. The average Bonchev–Trinajstić information content (AvgIpc) is 3.29. The van der Waals surface area contributed by atoms with Crippen molar-refractivity contribution in [2.75, 3.05) is 33.8 Å². The molecule has 0 radical (unpaired) electrons. The molecule has 1 aliphatic rings. The normalized spacial score (nSPS) is 20.5. The second kappa shape index (κ2) is 7.17. The van der Waals surface area contributed by atoms with E-state index in [2.05, 4.69) is 15.0 Å². The van der Waals surface area contributed by atoms with Gasteiger partial charge < -0.3 is 19.5 Å². The smallest absolute Gasteiger partial charge is 0.256 e. The first-order valence-corrected chi connectivity index (χ1v) is 9.16. The van der Waals surface area contributed by atoms with Crippen LogP contribution in [0.5, 0.6) is 0 Å². The van der Waals surface area contributed by atoms with E-state index in [0.29, 0.717) is 18.7 Å². The lowest BCUT2D eigenvalue weighted by Crippen LogP contribution is -2.51. The quantitative estimate of drug-likeness (QED) is 0.766. The summed E-state index contributed by atoms with van der Waals surface area (Å²) in [6, 6.07) is 7.64. The second-order valence-electron chi connectivity index (χ2n) is 7.31. The van der Waals surface area contributed by atoms with Gasteiger partial charge in [0.2, 0.25) is 0 Å². The Morgan fingerprint density at radius 3 is 2.96 bits per heavy atom. The number of hydrogen-bond acceptors (Lipinski definition) is 4. The van der Waals surface area contributed by atoms with Crippen LogP contribution in [0.4, 0.5) is 0 Å². The Hall–Kier alpha value is -2.64. The number of rotatable bonds is 4. The molecular weight excluding hydrogens is 342 g/mol. The predicted octanol–water partition coefficient (Wildman–Crippen LogP) is 2.05. The van der Waals surface area contributed by atoms with Crippen molar-refractivity contribution in [2.24, 2.45) is 7.05 Å². The first-order chi connectivity index (χ1) is 13.0. The standard InChI is InChI=1S/C20H25N5O2/c1-23(2)13-17-19(15-11-22-24(3)12-15)25(9-10-27-17)20(26)16-6-4-5-14-7-8-21-18(14)16/h4-8,11-12,17,19,21H,9-10,13H2,1-3H3/t17-,19-/m0/s1. The minimum atomic E-state index is -0.174. The lowest BCUT2D eigenvalue weighted by Gasteiger charge is -2.41. The van der Waals surface area contributed by atoms with Crippen molar-refractivity contribution < 1.29 is 9.53 Å². The zero-order valence-corrected chi connectivity index (χ0v) is 15.9. The van der Waals surface area contributed by atoms with Crippen molar-refractivity contribution in [1.82, 2.24) is 24.6 Å². The first-order valence-electron chi connectivity index (χ1n) is 9.16. The molecule has 1 amide bonds. The zero-order valence-electron chi connectivity index (χ0n) is 15.9. The molecule has 7 heteroatoms. The summed E-state index contributed by atoms with van der Waals surface area (Å²) in [5, 5.41) is 5.36. The van der Waals surface area contributed by atoms with Gasteiger partial charge in [0, 0.05) is 43.5 Å². The Balaban J connectivity index is 1.74. The maximum Gasteiger partial charge on any atom is 0.256 e. The third-order valence-corrected chi connectivity index (χ3v) is 5.04. The van der Waals surface area contributed by atoms with Gasteiger partial charge in [0.05, 0.1) is 36.0 Å². The summed E-state index contributed by atoms with van der Waals surface area (Å²) in [4.78, 5) is 20.8. The number of carbonyl (C=O) groups is 1. The molecule has 1 aromatic carbocycles. The van der Waals surface area contributed by atoms with Crippen LogP contribution in [0.3, 0.4) is 0 Å². The molecule has 7 nitrogen and oxygen atoms in total. The van der Waals surface area contributed by atoms with E-state index in [4.69, 9.17) is 4.74 Å². The number of amides is 1. The topological polar surface area (TPSA) is 66.4 Å². The Bertz CT molecular complexity index is 945. The fourth-order valence-electron chi connectivity index (χ4n) is 3.88. The molecule has 142 valence electrons. The first kappa shape index (κ1) is 17.8. The molecule has 4 rings (SSSR count). The number of likely N-dealkylation sites (N-methyl/N-ethyl adjacent to an activating group) is 1. The highest BCUT2D eigenvalue weighted by atomic mass is 16.5. The highest BCUT2D eigenvalue weighted by Crippen LogP contribution is 2.32. The Morgan fingerprint density at radius 2 is 2.22 bits per heavy atom. The van der Waals surface area contributed by atoms with Gasteiger partial charge in [0.25, 0.3) is 5.91 Å². The third kappa shape index (κ3) is 3.36. The molecule has 2 atom stereocenters. The van der Waals surface area contributed by atoms with Crippen molar-refractivity contribution >= 4 is 16.8 Å².